The van der Waals surface area contributed by atoms with Crippen molar-refractivity contribution in [3.05, 3.63) is 0 Å². The minimum atomic E-state index is -3.49. The Morgan fingerprint density at radius 2 is 0.821 bits per heavy atom. The minimum absolute atomic E-state index is 0. The first-order chi connectivity index (χ1) is 17.5. The molecule has 39 heavy (non-hydrogen) atoms. The maximum absolute atomic E-state index is 11.7. The van der Waals surface area contributed by atoms with Gasteiger partial charge in [0.25, 0.3) is 11.8 Å². The molecule has 214 valence electrons. The van der Waals surface area contributed by atoms with Crippen molar-refractivity contribution >= 4 is 75.4 Å². The Morgan fingerprint density at radius 1 is 0.590 bits per heavy atom. The average molecular weight is 714 g/mol. The van der Waals surface area contributed by atoms with E-state index in [1.807, 2.05) is 0 Å². The Labute approximate surface area is 266 Å². The van der Waals surface area contributed by atoms with Gasteiger partial charge in [-0.05, 0) is 0 Å². The van der Waals surface area contributed by atoms with Crippen LogP contribution in [0.15, 0.2) is 0 Å². The van der Waals surface area contributed by atoms with Crippen molar-refractivity contribution in [1.82, 2.24) is 21.3 Å². The van der Waals surface area contributed by atoms with Crippen molar-refractivity contribution in [1.29, 1.82) is 0 Å². The molecule has 0 aromatic heterocycles. The molecule has 0 aromatic rings. The van der Waals surface area contributed by atoms with Gasteiger partial charge in [0.05, 0.1) is 13.3 Å². The Bertz CT molecular complexity index is 693. The maximum Gasteiger partial charge on any atom is 0.340 e. The number of aliphatic hydroxyl groups excluding tert-OH is 2. The molecule has 0 unspecified atom stereocenters. The Balaban J connectivity index is -0.0000000933. The second-order valence-electron chi connectivity index (χ2n) is 4.00. The standard InChI is InChI=1S/C9H10N4O8.2C2O3.2CHO2.2Y/c14-3-10-1-12-5(16)9(7(18)19,8(20)21)6(17)13-2-11-4-15;2*3-1-5-2-4;2*2-1-3;;/h1-2H2,(H,10,14)(H,11,15)(H,12,16)(H,13,17)(H,18,19)(H,20,21);;;2*(H,2,3);;/q3*-2;2*-1;;. The van der Waals surface area contributed by atoms with Gasteiger partial charge in [0.15, 0.2) is 0 Å². The molecule has 0 rings (SSSR count). The topological polar surface area (TPSA) is 352 Å². The first kappa shape index (κ1) is 51.8. The predicted molar refractivity (Wildman–Crippen MR) is 103 cm³/mol. The van der Waals surface area contributed by atoms with E-state index in [1.165, 1.54) is 0 Å². The number of nitrogens with one attached hydrogen (secondary N) is 4. The molecule has 0 heterocycles. The monoisotopic (exact) mass is 714 g/mol. The Hall–Kier alpha value is -3.75. The SMILES string of the molecule is O=[C-]NCNC(=O)C(C(=O)O)(C(=O)O)C(=O)NCN[C-]=O.O=[C-]O.O=[C-]O.O=[C-]O[C-]=O.O=[C-]O[C-]=O.[Y].[Y]. The van der Waals surface area contributed by atoms with Gasteiger partial charge < -0.3 is 89.5 Å². The van der Waals surface area contributed by atoms with E-state index in [9.17, 15) is 28.8 Å². The fourth-order valence-electron chi connectivity index (χ4n) is 1.20. The number of hydrogen-bond donors (Lipinski definition) is 8. The average Bonchev–Trinajstić information content (AvgIpc) is 2.82. The summed E-state index contributed by atoms with van der Waals surface area (Å²) in [4.78, 5) is 117. The fraction of sp³-hybridized carbons (Fsp3) is 0.200. The van der Waals surface area contributed by atoms with Crippen LogP contribution in [0, 0.1) is 5.41 Å². The molecule has 0 bridgehead atoms. The fourth-order valence-corrected chi connectivity index (χ4v) is 1.20. The zero-order valence-corrected chi connectivity index (χ0v) is 24.2. The molecule has 24 heteroatoms. The largest absolute Gasteiger partial charge is 0.783 e. The molecular formula is C15H12N4O18Y2-8. The van der Waals surface area contributed by atoms with Crippen LogP contribution in [0.2, 0.25) is 0 Å². The quantitative estimate of drug-likeness (QED) is 0.0272. The van der Waals surface area contributed by atoms with Crippen molar-refractivity contribution in [3.8, 4) is 0 Å². The van der Waals surface area contributed by atoms with Crippen LogP contribution in [0.25, 0.3) is 0 Å². The molecule has 4 amide bonds. The van der Waals surface area contributed by atoms with E-state index in [1.54, 1.807) is 21.3 Å². The molecule has 0 aliphatic heterocycles. The van der Waals surface area contributed by atoms with Gasteiger partial charge in [0.1, 0.15) is 0 Å². The third-order valence-corrected chi connectivity index (χ3v) is 2.31. The number of rotatable bonds is 14. The first-order valence-corrected chi connectivity index (χ1v) is 7.57. The molecule has 0 aromatic carbocycles. The summed E-state index contributed by atoms with van der Waals surface area (Å²) >= 11 is 0. The summed E-state index contributed by atoms with van der Waals surface area (Å²) < 4.78 is 6.44. The van der Waals surface area contributed by atoms with Crippen molar-refractivity contribution in [2.75, 3.05) is 13.3 Å². The molecule has 22 nitrogen and oxygen atoms in total. The van der Waals surface area contributed by atoms with Gasteiger partial charge in [0, 0.05) is 65.4 Å². The van der Waals surface area contributed by atoms with Crippen LogP contribution >= 0.6 is 0 Å². The molecule has 0 aliphatic carbocycles. The van der Waals surface area contributed by atoms with Crippen molar-refractivity contribution < 1.29 is 153 Å². The van der Waals surface area contributed by atoms with Gasteiger partial charge in [-0.2, -0.15) is 12.8 Å². The van der Waals surface area contributed by atoms with E-state index < -0.39 is 42.5 Å². The van der Waals surface area contributed by atoms with E-state index in [4.69, 9.17) is 49.2 Å². The molecule has 0 atom stereocenters. The van der Waals surface area contributed by atoms with E-state index in [2.05, 4.69) is 9.47 Å². The number of carbonyl (C=O) groups is 4. The van der Waals surface area contributed by atoms with Crippen LogP contribution in [-0.2, 0) is 132 Å². The third kappa shape index (κ3) is 30.4. The molecule has 0 saturated carbocycles. The zero-order valence-electron chi connectivity index (χ0n) is 18.6. The Kier molecular flexibility index (Phi) is 55.0. The summed E-state index contributed by atoms with van der Waals surface area (Å²) in [6.07, 6.45) is 2.28. The van der Waals surface area contributed by atoms with E-state index >= 15 is 0 Å². The summed E-state index contributed by atoms with van der Waals surface area (Å²) in [5.74, 6) is -7.90. The van der Waals surface area contributed by atoms with Crippen molar-refractivity contribution in [2.24, 2.45) is 5.41 Å². The molecule has 2 radical (unpaired) electrons. The number of aliphatic carboxylic acids is 2. The second-order valence-corrected chi connectivity index (χ2v) is 4.00. The summed E-state index contributed by atoms with van der Waals surface area (Å²) in [6.45, 7) is 3.09. The van der Waals surface area contributed by atoms with Crippen LogP contribution in [0.3, 0.4) is 0 Å². The van der Waals surface area contributed by atoms with Gasteiger partial charge in [-0.25, -0.2) is 9.59 Å². The predicted octanol–water partition coefficient (Wildman–Crippen LogP) is -6.90. The van der Waals surface area contributed by atoms with Crippen LogP contribution in [0.5, 0.6) is 0 Å². The number of carboxylic acid groups (broad SMARTS) is 2. The Morgan fingerprint density at radius 3 is 0.949 bits per heavy atom. The number of carboxylic acids is 2. The normalized spacial score (nSPS) is 7.38. The van der Waals surface area contributed by atoms with Crippen LogP contribution < -0.4 is 21.3 Å². The maximum atomic E-state index is 11.7. The van der Waals surface area contributed by atoms with Crippen molar-refractivity contribution in [3.63, 3.8) is 0 Å². The van der Waals surface area contributed by atoms with E-state index in [-0.39, 0.29) is 65.4 Å². The minimum Gasteiger partial charge on any atom is -0.783 e. The molecule has 8 N–H and O–H groups in total. The summed E-state index contributed by atoms with van der Waals surface area (Å²) in [5, 5.41) is 38.5. The van der Waals surface area contributed by atoms with Crippen LogP contribution in [-0.4, -0.2) is 109 Å². The summed E-state index contributed by atoms with van der Waals surface area (Å²) in [6, 6.07) is 0. The molecule has 0 fully saturated rings. The van der Waals surface area contributed by atoms with Gasteiger partial charge in [-0.3, -0.25) is 9.59 Å². The molecule has 0 saturated heterocycles. The van der Waals surface area contributed by atoms with Gasteiger partial charge >= 0.3 is 17.4 Å². The smallest absolute Gasteiger partial charge is 0.340 e. The van der Waals surface area contributed by atoms with Gasteiger partial charge in [0.2, 0.25) is 0 Å². The summed E-state index contributed by atoms with van der Waals surface area (Å²) in [7, 11) is 0. The van der Waals surface area contributed by atoms with Crippen molar-refractivity contribution in [2.45, 2.75) is 0 Å². The molecule has 0 spiro atoms. The number of hydrogen-bond acceptors (Lipinski definition) is 14. The number of amides is 4. The summed E-state index contributed by atoms with van der Waals surface area (Å²) in [5.41, 5.74) is -3.49. The number of ether oxygens (including phenoxy) is 2. The molecule has 0 aliphatic rings. The van der Waals surface area contributed by atoms with Crippen LogP contribution in [0.1, 0.15) is 0 Å². The third-order valence-electron chi connectivity index (χ3n) is 2.31. The van der Waals surface area contributed by atoms with Gasteiger partial charge in [-0.15, -0.1) is 25.9 Å². The number of carbonyl (C=O) groups excluding carboxylic acids is 8. The second kappa shape index (κ2) is 41.4. The molecular weight excluding hydrogens is 702 g/mol. The van der Waals surface area contributed by atoms with E-state index in [0.717, 1.165) is 38.7 Å². The first-order valence-electron chi connectivity index (χ1n) is 7.57. The van der Waals surface area contributed by atoms with E-state index in [0.29, 0.717) is 12.9 Å². The van der Waals surface area contributed by atoms with Crippen LogP contribution in [0.4, 0.5) is 0 Å². The zero-order chi connectivity index (χ0) is 30.1. The van der Waals surface area contributed by atoms with Gasteiger partial charge in [-0.1, -0.05) is 12.9 Å².